The SMILES string of the molecule is C=CCN1C(C)C23c4c5c6c7c8c9c(c%10c%11c2c2c4c4c%12c5c5c6c6c8c8c%13c9c9c%10c%10c%11c%11c2c2c4c4c%12c%12c5c5c6c8c6c8c%13c9c9c%10c%10c%11c2c2c4c4c%12c5c6c5c8c9c%10c2c45)C73C1C. The Morgan fingerprint density at radius 1 is 0.250 bits per heavy atom. The molecule has 1 heteroatoms. The van der Waals surface area contributed by atoms with Gasteiger partial charge in [0, 0.05) is 18.6 Å². The van der Waals surface area contributed by atoms with Gasteiger partial charge < -0.3 is 0 Å². The second-order valence-corrected chi connectivity index (χ2v) is 25.7. The summed E-state index contributed by atoms with van der Waals surface area (Å²) in [4.78, 5) is 3.01. The molecule has 33 rings (SSSR count). The molecular formula is C67H13N. The van der Waals surface area contributed by atoms with Crippen molar-refractivity contribution < 1.29 is 0 Å². The number of rotatable bonds is 2. The molecule has 2 atom stereocenters. The molecule has 28 aromatic carbocycles. The molecular weight excluding hydrogens is 819 g/mol. The van der Waals surface area contributed by atoms with E-state index < -0.39 is 0 Å². The highest BCUT2D eigenvalue weighted by molar-refractivity contribution is 6.82. The second-order valence-electron chi connectivity index (χ2n) is 25.7. The van der Waals surface area contributed by atoms with Gasteiger partial charge in [-0.3, -0.25) is 4.90 Å². The quantitative estimate of drug-likeness (QED) is 0.124. The molecule has 1 saturated heterocycles. The first-order chi connectivity index (χ1) is 33.8. The van der Waals surface area contributed by atoms with Crippen molar-refractivity contribution in [3.05, 3.63) is 34.9 Å². The molecule has 0 bridgehead atoms. The first kappa shape index (κ1) is 25.3. The number of likely N-dealkylation sites (tertiary alicyclic amines) is 1. The zero-order valence-electron chi connectivity index (χ0n) is 35.6. The van der Waals surface area contributed by atoms with Gasteiger partial charge in [0.1, 0.15) is 0 Å². The molecule has 2 unspecified atom stereocenters. The first-order valence-electron chi connectivity index (χ1n) is 25.9. The van der Waals surface area contributed by atoms with Crippen LogP contribution in [0.15, 0.2) is 12.7 Å². The van der Waals surface area contributed by atoms with Crippen molar-refractivity contribution in [1.82, 2.24) is 4.90 Å². The maximum atomic E-state index is 4.57. The van der Waals surface area contributed by atoms with Crippen LogP contribution in [0, 0.1) is 0 Å². The molecule has 0 amide bonds. The summed E-state index contributed by atoms with van der Waals surface area (Å²) in [5, 5.41) is 90.8. The van der Waals surface area contributed by atoms with Crippen LogP contribution in [0.4, 0.5) is 0 Å². The molecule has 0 aromatic heterocycles. The zero-order chi connectivity index (χ0) is 40.6. The van der Waals surface area contributed by atoms with Gasteiger partial charge in [-0.25, -0.2) is 0 Å². The van der Waals surface area contributed by atoms with Gasteiger partial charge in [-0.05, 0) is 327 Å². The van der Waals surface area contributed by atoms with Gasteiger partial charge in [-0.1, -0.05) is 6.08 Å². The minimum Gasteiger partial charge on any atom is -0.292 e. The van der Waals surface area contributed by atoms with Crippen LogP contribution in [0.3, 0.4) is 0 Å². The van der Waals surface area contributed by atoms with Crippen molar-refractivity contribution in [2.75, 3.05) is 6.54 Å². The molecule has 4 aliphatic carbocycles. The lowest BCUT2D eigenvalue weighted by Gasteiger charge is -2.52. The third kappa shape index (κ3) is 1.26. The van der Waals surface area contributed by atoms with Crippen LogP contribution in [0.5, 0.6) is 0 Å². The van der Waals surface area contributed by atoms with Crippen molar-refractivity contribution in [3.63, 3.8) is 0 Å². The van der Waals surface area contributed by atoms with E-state index in [0.29, 0.717) is 12.1 Å². The van der Waals surface area contributed by atoms with Crippen molar-refractivity contribution in [3.8, 4) is 0 Å². The van der Waals surface area contributed by atoms with Crippen LogP contribution in [0.2, 0.25) is 0 Å². The molecule has 0 saturated carbocycles. The van der Waals surface area contributed by atoms with E-state index in [2.05, 4.69) is 31.4 Å². The zero-order valence-corrected chi connectivity index (χ0v) is 35.6. The maximum Gasteiger partial charge on any atom is 0.0533 e. The number of benzene rings is 18. The molecule has 1 aliphatic heterocycles. The standard InChI is InChI=1S/C67H13N/c1-4-5-68-6(2)66-62-54-46-36-26-18-10-8-9-12-16-14(10)22-30-24(16)34-28-20(12)21-13(9)17-15-11(8)19(18)27-33-23(15)31-25(17)35-29(21)39-38(28)48-42(34)52-44(30)50(40(46)32(22)26)58(62)60(52)64-56(48)57-49(39)43(35)53-45(31)51-41(33)47(37(27)36)55(54)63(66)59(51)61(53)65(57)67(64,66)7(68)3/h4,6-7H,1,5H2,2-3H3. The summed E-state index contributed by atoms with van der Waals surface area (Å²) in [6.07, 6.45) is 2.27. The lowest BCUT2D eigenvalue weighted by atomic mass is 9.47. The van der Waals surface area contributed by atoms with Gasteiger partial charge in [0.15, 0.2) is 0 Å². The van der Waals surface area contributed by atoms with Gasteiger partial charge >= 0.3 is 0 Å². The summed E-state index contributed by atoms with van der Waals surface area (Å²) in [7, 11) is 0. The normalized spacial score (nSPS) is 25.4. The Balaban J connectivity index is 1.23. The van der Waals surface area contributed by atoms with Crippen molar-refractivity contribution in [2.45, 2.75) is 36.8 Å². The molecule has 1 fully saturated rings. The van der Waals surface area contributed by atoms with Gasteiger partial charge in [-0.15, -0.1) is 6.58 Å². The van der Waals surface area contributed by atoms with E-state index in [1.165, 1.54) is 0 Å². The highest BCUT2D eigenvalue weighted by atomic mass is 15.3. The van der Waals surface area contributed by atoms with E-state index >= 15 is 0 Å². The van der Waals surface area contributed by atoms with Crippen molar-refractivity contribution >= 4 is 291 Å². The number of nitrogens with zero attached hydrogens (tertiary/aromatic N) is 1. The molecule has 0 N–H and O–H groups in total. The van der Waals surface area contributed by atoms with E-state index in [0.717, 1.165) is 6.54 Å². The Morgan fingerprint density at radius 2 is 0.368 bits per heavy atom. The summed E-state index contributed by atoms with van der Waals surface area (Å²) in [6.45, 7) is 11.0. The fourth-order valence-electron chi connectivity index (χ4n) is 26.2. The monoisotopic (exact) mass is 831 g/mol. The van der Waals surface area contributed by atoms with Crippen LogP contribution in [0.25, 0.3) is 291 Å². The summed E-state index contributed by atoms with van der Waals surface area (Å²) in [5.41, 5.74) is 6.72. The van der Waals surface area contributed by atoms with Crippen LogP contribution in [0.1, 0.15) is 36.1 Å². The maximum absolute atomic E-state index is 4.57. The van der Waals surface area contributed by atoms with Gasteiger partial charge in [0.2, 0.25) is 0 Å². The minimum atomic E-state index is -0.221. The topological polar surface area (TPSA) is 3.24 Å². The van der Waals surface area contributed by atoms with Crippen LogP contribution >= 0.6 is 0 Å². The molecule has 1 nitrogen and oxygen atoms in total. The third-order valence-corrected chi connectivity index (χ3v) is 26.0. The third-order valence-electron chi connectivity index (χ3n) is 26.0. The molecule has 286 valence electrons. The van der Waals surface area contributed by atoms with Gasteiger partial charge in [0.05, 0.1) is 10.8 Å². The number of hydrogen-bond acceptors (Lipinski definition) is 1. The highest BCUT2D eigenvalue weighted by Crippen LogP contribution is 2.86. The smallest absolute Gasteiger partial charge is 0.0533 e. The average Bonchev–Trinajstić information content (AvgIpc) is 4.24. The van der Waals surface area contributed by atoms with E-state index in [9.17, 15) is 0 Å². The Bertz CT molecular complexity index is 6540. The molecule has 5 aliphatic rings. The predicted octanol–water partition coefficient (Wildman–Crippen LogP) is 17.6. The Morgan fingerprint density at radius 3 is 0.485 bits per heavy atom. The molecule has 68 heavy (non-hydrogen) atoms. The molecule has 0 radical (unpaired) electrons. The lowest BCUT2D eigenvalue weighted by Crippen LogP contribution is -2.55. The first-order valence-corrected chi connectivity index (χ1v) is 25.9. The van der Waals surface area contributed by atoms with Crippen LogP contribution < -0.4 is 0 Å². The van der Waals surface area contributed by atoms with E-state index in [4.69, 9.17) is 0 Å². The Labute approximate surface area is 372 Å². The molecule has 1 heterocycles. The molecule has 28 aromatic rings. The second kappa shape index (κ2) is 5.59. The fraction of sp³-hybridized carbons (Fsp3) is 0.104. The Hall–Kier alpha value is -7.84. The predicted molar refractivity (Wildman–Crippen MR) is 290 cm³/mol. The van der Waals surface area contributed by atoms with E-state index in [1.807, 2.05) is 0 Å². The minimum absolute atomic E-state index is 0.221. The van der Waals surface area contributed by atoms with Gasteiger partial charge in [-0.2, -0.15) is 0 Å². The number of hydrogen-bond donors (Lipinski definition) is 0. The van der Waals surface area contributed by atoms with E-state index in [-0.39, 0.29) is 10.8 Å². The van der Waals surface area contributed by atoms with Gasteiger partial charge in [0.25, 0.3) is 0 Å². The average molecular weight is 832 g/mol. The van der Waals surface area contributed by atoms with Crippen LogP contribution in [-0.4, -0.2) is 23.5 Å². The fourth-order valence-corrected chi connectivity index (χ4v) is 26.2. The van der Waals surface area contributed by atoms with E-state index in [1.54, 1.807) is 313 Å². The summed E-state index contributed by atoms with van der Waals surface area (Å²) < 4.78 is 0. The largest absolute Gasteiger partial charge is 0.292 e. The summed E-state index contributed by atoms with van der Waals surface area (Å²) in [5.74, 6) is 0. The molecule has 2 spiro atoms. The lowest BCUT2D eigenvalue weighted by molar-refractivity contribution is 0.217. The van der Waals surface area contributed by atoms with Crippen molar-refractivity contribution in [1.29, 1.82) is 0 Å². The summed E-state index contributed by atoms with van der Waals surface area (Å²) >= 11 is 0. The van der Waals surface area contributed by atoms with Crippen LogP contribution in [-0.2, 0) is 10.8 Å². The highest BCUT2D eigenvalue weighted by Gasteiger charge is 2.77. The Kier molecular flexibility index (Phi) is 2.08. The van der Waals surface area contributed by atoms with Crippen molar-refractivity contribution in [2.24, 2.45) is 0 Å². The summed E-state index contributed by atoms with van der Waals surface area (Å²) in [6, 6.07) is 0.595.